The predicted molar refractivity (Wildman–Crippen MR) is 49.3 cm³/mol. The highest BCUT2D eigenvalue weighted by atomic mass is 14.8. The number of aliphatic imine (C=N–C) groups is 2. The van der Waals surface area contributed by atoms with E-state index >= 15 is 0 Å². The molecule has 0 aliphatic carbocycles. The van der Waals surface area contributed by atoms with E-state index in [9.17, 15) is 0 Å². The first-order chi connectivity index (χ1) is 5.04. The Morgan fingerprint density at radius 1 is 0.909 bits per heavy atom. The quantitative estimate of drug-likeness (QED) is 0.558. The number of hydrogen-bond acceptors (Lipinski definition) is 2. The maximum atomic E-state index is 4.15. The summed E-state index contributed by atoms with van der Waals surface area (Å²) in [5, 5.41) is 0. The summed E-state index contributed by atoms with van der Waals surface area (Å²) in [6.45, 7) is 10.4. The van der Waals surface area contributed by atoms with Gasteiger partial charge in [0, 0.05) is 0 Å². The van der Waals surface area contributed by atoms with E-state index in [2.05, 4.69) is 36.8 Å². The van der Waals surface area contributed by atoms with Crippen molar-refractivity contribution < 1.29 is 0 Å². The molecule has 1 unspecified atom stereocenters. The van der Waals surface area contributed by atoms with E-state index in [1.807, 2.05) is 13.8 Å². The van der Waals surface area contributed by atoms with Crippen LogP contribution in [0.25, 0.3) is 0 Å². The van der Waals surface area contributed by atoms with Crippen LogP contribution in [0.1, 0.15) is 34.6 Å². The molecule has 2 nitrogen and oxygen atoms in total. The van der Waals surface area contributed by atoms with Crippen molar-refractivity contribution >= 4 is 6.01 Å². The molecule has 1 atom stereocenters. The summed E-state index contributed by atoms with van der Waals surface area (Å²) in [5.74, 6) is 0.574. The van der Waals surface area contributed by atoms with E-state index < -0.39 is 0 Å². The summed E-state index contributed by atoms with van der Waals surface area (Å²) in [7, 11) is 0. The molecule has 0 rings (SSSR count). The summed E-state index contributed by atoms with van der Waals surface area (Å²) >= 11 is 0. The van der Waals surface area contributed by atoms with Gasteiger partial charge in [0.2, 0.25) is 0 Å². The van der Waals surface area contributed by atoms with Crippen molar-refractivity contribution in [3.05, 3.63) is 0 Å². The number of rotatable bonds is 3. The SMILES string of the molecule is CC(C)N=C=NC(C)C(C)C. The Bertz CT molecular complexity index is 153. The zero-order chi connectivity index (χ0) is 8.85. The highest BCUT2D eigenvalue weighted by molar-refractivity contribution is 5.41. The van der Waals surface area contributed by atoms with Crippen LogP contribution in [0.5, 0.6) is 0 Å². The van der Waals surface area contributed by atoms with E-state index in [-0.39, 0.29) is 0 Å². The maximum Gasteiger partial charge on any atom is 0.0898 e. The van der Waals surface area contributed by atoms with Gasteiger partial charge in [-0.05, 0) is 26.7 Å². The zero-order valence-corrected chi connectivity index (χ0v) is 8.13. The third kappa shape index (κ3) is 5.81. The molecular formula is C9H18N2. The van der Waals surface area contributed by atoms with Crippen LogP contribution >= 0.6 is 0 Å². The standard InChI is InChI=1S/C9H18N2/c1-7(2)9(5)11-6-10-8(3)4/h7-9H,1-5H3. The fraction of sp³-hybridized carbons (Fsp3) is 0.889. The Hall–Kier alpha value is -0.620. The molecule has 0 aromatic carbocycles. The van der Waals surface area contributed by atoms with Gasteiger partial charge in [0.15, 0.2) is 0 Å². The summed E-state index contributed by atoms with van der Waals surface area (Å²) < 4.78 is 0. The molecule has 0 fully saturated rings. The van der Waals surface area contributed by atoms with Crippen molar-refractivity contribution in [3.8, 4) is 0 Å². The lowest BCUT2D eigenvalue weighted by molar-refractivity contribution is 0.533. The highest BCUT2D eigenvalue weighted by Crippen LogP contribution is 2.02. The van der Waals surface area contributed by atoms with Gasteiger partial charge in [-0.1, -0.05) is 13.8 Å². The van der Waals surface area contributed by atoms with Crippen LogP contribution < -0.4 is 0 Å². The van der Waals surface area contributed by atoms with Crippen molar-refractivity contribution in [2.24, 2.45) is 15.9 Å². The summed E-state index contributed by atoms with van der Waals surface area (Å²) in [4.78, 5) is 8.18. The average molecular weight is 154 g/mol. The van der Waals surface area contributed by atoms with E-state index in [0.29, 0.717) is 18.0 Å². The molecule has 11 heavy (non-hydrogen) atoms. The maximum absolute atomic E-state index is 4.15. The first kappa shape index (κ1) is 10.4. The molecule has 0 saturated carbocycles. The van der Waals surface area contributed by atoms with Crippen molar-refractivity contribution in [3.63, 3.8) is 0 Å². The lowest BCUT2D eigenvalue weighted by atomic mass is 10.1. The molecule has 0 spiro atoms. The molecule has 0 saturated heterocycles. The van der Waals surface area contributed by atoms with E-state index in [0.717, 1.165) is 0 Å². The molecule has 0 heterocycles. The van der Waals surface area contributed by atoms with Crippen LogP contribution in [0.3, 0.4) is 0 Å². The van der Waals surface area contributed by atoms with Crippen LogP contribution in [0.4, 0.5) is 0 Å². The summed E-state index contributed by atoms with van der Waals surface area (Å²) in [6.07, 6.45) is 0. The Kier molecular flexibility index (Phi) is 4.80. The number of nitrogens with zero attached hydrogens (tertiary/aromatic N) is 2. The minimum atomic E-state index is 0.304. The van der Waals surface area contributed by atoms with Gasteiger partial charge in [-0.15, -0.1) is 0 Å². The molecular weight excluding hydrogens is 136 g/mol. The second-order valence-corrected chi connectivity index (χ2v) is 3.44. The van der Waals surface area contributed by atoms with Gasteiger partial charge >= 0.3 is 0 Å². The van der Waals surface area contributed by atoms with Crippen molar-refractivity contribution in [2.75, 3.05) is 0 Å². The highest BCUT2D eigenvalue weighted by Gasteiger charge is 2.01. The first-order valence-corrected chi connectivity index (χ1v) is 4.18. The molecule has 0 amide bonds. The zero-order valence-electron chi connectivity index (χ0n) is 8.13. The molecule has 0 aromatic rings. The second kappa shape index (κ2) is 5.09. The molecule has 0 aliphatic heterocycles. The lowest BCUT2D eigenvalue weighted by Crippen LogP contribution is -2.06. The fourth-order valence-electron chi connectivity index (χ4n) is 0.389. The van der Waals surface area contributed by atoms with E-state index in [1.165, 1.54) is 0 Å². The molecule has 2 heteroatoms. The van der Waals surface area contributed by atoms with E-state index in [4.69, 9.17) is 0 Å². The smallest absolute Gasteiger partial charge is 0.0898 e. The second-order valence-electron chi connectivity index (χ2n) is 3.44. The summed E-state index contributed by atoms with van der Waals surface area (Å²) in [6, 6.07) is 3.35. The predicted octanol–water partition coefficient (Wildman–Crippen LogP) is 2.61. The van der Waals surface area contributed by atoms with Gasteiger partial charge in [-0.25, -0.2) is 9.98 Å². The van der Waals surface area contributed by atoms with E-state index in [1.54, 1.807) is 0 Å². The molecule has 0 aromatic heterocycles. The van der Waals surface area contributed by atoms with Crippen LogP contribution in [0, 0.1) is 5.92 Å². The Morgan fingerprint density at radius 3 is 1.82 bits per heavy atom. The fourth-order valence-corrected chi connectivity index (χ4v) is 0.389. The van der Waals surface area contributed by atoms with Gasteiger partial charge in [0.05, 0.1) is 18.1 Å². The largest absolute Gasteiger partial charge is 0.223 e. The molecule has 64 valence electrons. The first-order valence-electron chi connectivity index (χ1n) is 4.18. The van der Waals surface area contributed by atoms with Crippen LogP contribution in [-0.4, -0.2) is 18.1 Å². The molecule has 0 N–H and O–H groups in total. The van der Waals surface area contributed by atoms with Gasteiger partial charge in [0.1, 0.15) is 0 Å². The van der Waals surface area contributed by atoms with Crippen LogP contribution in [0.15, 0.2) is 9.98 Å². The Morgan fingerprint density at radius 2 is 1.45 bits per heavy atom. The normalized spacial score (nSPS) is 13.0. The van der Waals surface area contributed by atoms with Crippen molar-refractivity contribution in [2.45, 2.75) is 46.7 Å². The van der Waals surface area contributed by atoms with Crippen molar-refractivity contribution in [1.82, 2.24) is 0 Å². The van der Waals surface area contributed by atoms with Crippen LogP contribution in [0.2, 0.25) is 0 Å². The van der Waals surface area contributed by atoms with Gasteiger partial charge in [-0.3, -0.25) is 0 Å². The van der Waals surface area contributed by atoms with Gasteiger partial charge in [0.25, 0.3) is 0 Å². The Labute approximate surface area is 69.4 Å². The topological polar surface area (TPSA) is 24.7 Å². The van der Waals surface area contributed by atoms with Crippen LogP contribution in [-0.2, 0) is 0 Å². The minimum absolute atomic E-state index is 0.304. The number of hydrogen-bond donors (Lipinski definition) is 0. The van der Waals surface area contributed by atoms with Gasteiger partial charge in [-0.2, -0.15) is 0 Å². The molecule has 0 bridgehead atoms. The lowest BCUT2D eigenvalue weighted by Gasteiger charge is -2.06. The third-order valence-corrected chi connectivity index (χ3v) is 1.54. The molecule has 0 radical (unpaired) electrons. The molecule has 0 aliphatic rings. The third-order valence-electron chi connectivity index (χ3n) is 1.54. The summed E-state index contributed by atoms with van der Waals surface area (Å²) in [5.41, 5.74) is 0. The monoisotopic (exact) mass is 154 g/mol. The van der Waals surface area contributed by atoms with Crippen molar-refractivity contribution in [1.29, 1.82) is 0 Å². The minimum Gasteiger partial charge on any atom is -0.223 e. The van der Waals surface area contributed by atoms with Gasteiger partial charge < -0.3 is 0 Å². The average Bonchev–Trinajstić information content (AvgIpc) is 1.86. The Balaban J connectivity index is 3.91.